The summed E-state index contributed by atoms with van der Waals surface area (Å²) in [4.78, 5) is 22.7. The smallest absolute Gasteiger partial charge is 0.345 e. The second kappa shape index (κ2) is 7.99. The standard InChI is InChI=1S/C17H21F3N2O2/c1-16(2,3)13-7-4-12(5-8-13)6-9-14(23)21-10-15(24)22-11-17(18,19)20/h4-9H,10-11H2,1-3H3,(H,21,23)(H,22,24). The number of amides is 2. The van der Waals surface area contributed by atoms with Crippen molar-refractivity contribution in [2.75, 3.05) is 13.1 Å². The zero-order valence-corrected chi connectivity index (χ0v) is 13.8. The molecule has 0 radical (unpaired) electrons. The van der Waals surface area contributed by atoms with Gasteiger partial charge < -0.3 is 10.6 Å². The first kappa shape index (κ1) is 19.7. The van der Waals surface area contributed by atoms with E-state index in [1.165, 1.54) is 6.08 Å². The van der Waals surface area contributed by atoms with Gasteiger partial charge in [-0.2, -0.15) is 13.2 Å². The molecule has 0 aliphatic carbocycles. The largest absolute Gasteiger partial charge is 0.405 e. The van der Waals surface area contributed by atoms with Crippen LogP contribution in [0.5, 0.6) is 0 Å². The third-order valence-corrected chi connectivity index (χ3v) is 3.11. The van der Waals surface area contributed by atoms with Gasteiger partial charge in [0.1, 0.15) is 6.54 Å². The van der Waals surface area contributed by atoms with Gasteiger partial charge >= 0.3 is 6.18 Å². The fourth-order valence-electron chi connectivity index (χ4n) is 1.75. The predicted molar refractivity (Wildman–Crippen MR) is 86.3 cm³/mol. The van der Waals surface area contributed by atoms with Gasteiger partial charge in [-0.05, 0) is 22.6 Å². The van der Waals surface area contributed by atoms with Crippen molar-refractivity contribution in [3.05, 3.63) is 41.5 Å². The molecule has 2 N–H and O–H groups in total. The molecular weight excluding hydrogens is 321 g/mol. The van der Waals surface area contributed by atoms with E-state index in [0.29, 0.717) is 0 Å². The molecule has 0 spiro atoms. The highest BCUT2D eigenvalue weighted by Crippen LogP contribution is 2.22. The van der Waals surface area contributed by atoms with E-state index in [-0.39, 0.29) is 5.41 Å². The lowest BCUT2D eigenvalue weighted by Gasteiger charge is -2.18. The van der Waals surface area contributed by atoms with Crippen molar-refractivity contribution in [3.63, 3.8) is 0 Å². The van der Waals surface area contributed by atoms with Crippen molar-refractivity contribution in [1.29, 1.82) is 0 Å². The zero-order valence-electron chi connectivity index (χ0n) is 13.8. The third-order valence-electron chi connectivity index (χ3n) is 3.11. The molecule has 7 heteroatoms. The van der Waals surface area contributed by atoms with Crippen LogP contribution in [0.1, 0.15) is 31.9 Å². The van der Waals surface area contributed by atoms with Gasteiger partial charge in [0.25, 0.3) is 0 Å². The van der Waals surface area contributed by atoms with E-state index >= 15 is 0 Å². The fraction of sp³-hybridized carbons (Fsp3) is 0.412. The van der Waals surface area contributed by atoms with Gasteiger partial charge in [0, 0.05) is 6.08 Å². The Bertz CT molecular complexity index is 600. The molecule has 0 unspecified atom stereocenters. The monoisotopic (exact) mass is 342 g/mol. The molecule has 0 aromatic heterocycles. The third kappa shape index (κ3) is 7.80. The number of benzene rings is 1. The number of alkyl halides is 3. The summed E-state index contributed by atoms with van der Waals surface area (Å²) in [6.07, 6.45) is -1.68. The summed E-state index contributed by atoms with van der Waals surface area (Å²) in [6, 6.07) is 7.64. The molecule has 24 heavy (non-hydrogen) atoms. The highest BCUT2D eigenvalue weighted by atomic mass is 19.4. The molecule has 4 nitrogen and oxygen atoms in total. The Morgan fingerprint density at radius 1 is 1.04 bits per heavy atom. The molecule has 0 bridgehead atoms. The molecule has 1 aromatic carbocycles. The predicted octanol–water partition coefficient (Wildman–Crippen LogP) is 2.79. The Hall–Kier alpha value is -2.31. The topological polar surface area (TPSA) is 58.2 Å². The first-order valence-electron chi connectivity index (χ1n) is 7.37. The number of carbonyl (C=O) groups excluding carboxylic acids is 2. The average molecular weight is 342 g/mol. The Balaban J connectivity index is 2.44. The molecule has 0 saturated carbocycles. The first-order chi connectivity index (χ1) is 11.0. The molecule has 0 fully saturated rings. The molecule has 1 rings (SSSR count). The molecule has 0 heterocycles. The zero-order chi connectivity index (χ0) is 18.4. The maximum absolute atomic E-state index is 11.9. The van der Waals surface area contributed by atoms with E-state index in [9.17, 15) is 22.8 Å². The Morgan fingerprint density at radius 2 is 1.62 bits per heavy atom. The van der Waals surface area contributed by atoms with Gasteiger partial charge in [-0.25, -0.2) is 0 Å². The maximum Gasteiger partial charge on any atom is 0.405 e. The quantitative estimate of drug-likeness (QED) is 0.809. The summed E-state index contributed by atoms with van der Waals surface area (Å²) in [5.74, 6) is -1.46. The molecule has 1 aromatic rings. The van der Waals surface area contributed by atoms with Crippen LogP contribution in [0.3, 0.4) is 0 Å². The highest BCUT2D eigenvalue weighted by molar-refractivity contribution is 5.94. The minimum atomic E-state index is -4.47. The Kier molecular flexibility index (Phi) is 6.57. The van der Waals surface area contributed by atoms with Crippen molar-refractivity contribution in [2.45, 2.75) is 32.4 Å². The van der Waals surface area contributed by atoms with Crippen LogP contribution in [0, 0.1) is 0 Å². The van der Waals surface area contributed by atoms with Gasteiger partial charge in [0.05, 0.1) is 6.54 Å². The van der Waals surface area contributed by atoms with Gasteiger partial charge in [-0.3, -0.25) is 9.59 Å². The minimum Gasteiger partial charge on any atom is -0.345 e. The molecular formula is C17H21F3N2O2. The van der Waals surface area contributed by atoms with Crippen LogP contribution in [0.4, 0.5) is 13.2 Å². The van der Waals surface area contributed by atoms with Gasteiger partial charge in [0.15, 0.2) is 0 Å². The van der Waals surface area contributed by atoms with Crippen molar-refractivity contribution in [3.8, 4) is 0 Å². The molecule has 132 valence electrons. The Labute approximate surface area is 139 Å². The molecule has 0 atom stereocenters. The van der Waals surface area contributed by atoms with E-state index < -0.39 is 31.1 Å². The van der Waals surface area contributed by atoms with Crippen LogP contribution in [0.15, 0.2) is 30.3 Å². The fourth-order valence-corrected chi connectivity index (χ4v) is 1.75. The normalized spacial score (nSPS) is 12.2. The van der Waals surface area contributed by atoms with Crippen LogP contribution in [-0.2, 0) is 15.0 Å². The van der Waals surface area contributed by atoms with E-state index in [4.69, 9.17) is 0 Å². The number of rotatable bonds is 5. The van der Waals surface area contributed by atoms with E-state index in [2.05, 4.69) is 26.1 Å². The molecule has 0 aliphatic heterocycles. The summed E-state index contributed by atoms with van der Waals surface area (Å²) in [5.41, 5.74) is 1.99. The van der Waals surface area contributed by atoms with Crippen LogP contribution in [0.2, 0.25) is 0 Å². The lowest BCUT2D eigenvalue weighted by molar-refractivity contribution is -0.138. The second-order valence-electron chi connectivity index (χ2n) is 6.32. The summed E-state index contributed by atoms with van der Waals surface area (Å²) < 4.78 is 35.7. The highest BCUT2D eigenvalue weighted by Gasteiger charge is 2.27. The van der Waals surface area contributed by atoms with E-state index in [1.807, 2.05) is 24.3 Å². The number of carbonyl (C=O) groups is 2. The molecule has 2 amide bonds. The SMILES string of the molecule is CC(C)(C)c1ccc(C=CC(=O)NCC(=O)NCC(F)(F)F)cc1. The summed E-state index contributed by atoms with van der Waals surface area (Å²) in [7, 11) is 0. The summed E-state index contributed by atoms with van der Waals surface area (Å²) >= 11 is 0. The van der Waals surface area contributed by atoms with E-state index in [1.54, 1.807) is 11.4 Å². The van der Waals surface area contributed by atoms with Crippen LogP contribution >= 0.6 is 0 Å². The number of nitrogens with one attached hydrogen (secondary N) is 2. The Morgan fingerprint density at radius 3 is 2.12 bits per heavy atom. The van der Waals surface area contributed by atoms with Crippen LogP contribution in [0.25, 0.3) is 6.08 Å². The van der Waals surface area contributed by atoms with Crippen molar-refractivity contribution in [1.82, 2.24) is 10.6 Å². The average Bonchev–Trinajstić information content (AvgIpc) is 2.47. The second-order valence-corrected chi connectivity index (χ2v) is 6.32. The lowest BCUT2D eigenvalue weighted by Crippen LogP contribution is -2.40. The first-order valence-corrected chi connectivity index (χ1v) is 7.37. The minimum absolute atomic E-state index is 0.0311. The summed E-state index contributed by atoms with van der Waals surface area (Å²) in [6.45, 7) is 4.35. The van der Waals surface area contributed by atoms with Crippen molar-refractivity contribution >= 4 is 17.9 Å². The lowest BCUT2D eigenvalue weighted by atomic mass is 9.87. The van der Waals surface area contributed by atoms with Crippen LogP contribution < -0.4 is 10.6 Å². The maximum atomic E-state index is 11.9. The van der Waals surface area contributed by atoms with Gasteiger partial charge in [0.2, 0.25) is 11.8 Å². The van der Waals surface area contributed by atoms with Crippen LogP contribution in [-0.4, -0.2) is 31.1 Å². The van der Waals surface area contributed by atoms with Gasteiger partial charge in [-0.1, -0.05) is 45.0 Å². The van der Waals surface area contributed by atoms with Crippen molar-refractivity contribution < 1.29 is 22.8 Å². The number of halogens is 3. The summed E-state index contributed by atoms with van der Waals surface area (Å²) in [5, 5.41) is 3.89. The molecule has 0 saturated heterocycles. The number of hydrogen-bond acceptors (Lipinski definition) is 2. The van der Waals surface area contributed by atoms with Crippen molar-refractivity contribution in [2.24, 2.45) is 0 Å². The van der Waals surface area contributed by atoms with E-state index in [0.717, 1.165) is 11.1 Å². The van der Waals surface area contributed by atoms with Gasteiger partial charge in [-0.15, -0.1) is 0 Å². The number of hydrogen-bond donors (Lipinski definition) is 2. The molecule has 0 aliphatic rings.